The van der Waals surface area contributed by atoms with Crippen molar-refractivity contribution < 1.29 is 4.42 Å². The molecule has 0 saturated heterocycles. The molecule has 2 rings (SSSR count). The van der Waals surface area contributed by atoms with Crippen LogP contribution >= 0.6 is 0 Å². The molecule has 16 heavy (non-hydrogen) atoms. The van der Waals surface area contributed by atoms with E-state index in [-0.39, 0.29) is 11.6 Å². The molecule has 0 amide bonds. The molecule has 0 unspecified atom stereocenters. The van der Waals surface area contributed by atoms with Gasteiger partial charge >= 0.3 is 0 Å². The molecule has 78 valence electrons. The van der Waals surface area contributed by atoms with E-state index in [0.717, 1.165) is 5.56 Å². The Hall–Kier alpha value is -2.61. The second-order valence-electron chi connectivity index (χ2n) is 3.00. The van der Waals surface area contributed by atoms with Crippen molar-refractivity contribution in [3.05, 3.63) is 41.7 Å². The van der Waals surface area contributed by atoms with E-state index in [2.05, 4.69) is 9.97 Å². The smallest absolute Gasteiger partial charge is 0.229 e. The zero-order valence-corrected chi connectivity index (χ0v) is 8.29. The summed E-state index contributed by atoms with van der Waals surface area (Å²) in [7, 11) is 0. The maximum Gasteiger partial charge on any atom is 0.229 e. The van der Waals surface area contributed by atoms with Crippen LogP contribution in [0.25, 0.3) is 12.2 Å². The third-order valence-corrected chi connectivity index (χ3v) is 1.88. The Bertz CT molecular complexity index is 551. The Kier molecular flexibility index (Phi) is 2.65. The highest BCUT2D eigenvalue weighted by Gasteiger charge is 2.06. The zero-order valence-electron chi connectivity index (χ0n) is 8.29. The summed E-state index contributed by atoms with van der Waals surface area (Å²) in [5, 5.41) is 8.63. The van der Waals surface area contributed by atoms with Crippen LogP contribution in [0.1, 0.15) is 17.1 Å². The van der Waals surface area contributed by atoms with E-state index in [1.165, 1.54) is 0 Å². The lowest BCUT2D eigenvalue weighted by molar-refractivity contribution is 0.565. The molecular weight excluding hydrogens is 204 g/mol. The van der Waals surface area contributed by atoms with Gasteiger partial charge in [-0.3, -0.25) is 4.98 Å². The highest BCUT2D eigenvalue weighted by molar-refractivity contribution is 5.66. The molecule has 2 heterocycles. The van der Waals surface area contributed by atoms with E-state index in [1.54, 1.807) is 24.5 Å². The van der Waals surface area contributed by atoms with E-state index in [1.807, 2.05) is 18.2 Å². The molecule has 0 aromatic carbocycles. The first-order valence-corrected chi connectivity index (χ1v) is 4.54. The van der Waals surface area contributed by atoms with Crippen molar-refractivity contribution in [1.29, 1.82) is 5.26 Å². The fourth-order valence-electron chi connectivity index (χ4n) is 1.14. The van der Waals surface area contributed by atoms with E-state index in [9.17, 15) is 0 Å². The summed E-state index contributed by atoms with van der Waals surface area (Å²) in [6.07, 6.45) is 6.80. The monoisotopic (exact) mass is 212 g/mol. The standard InChI is InChI=1S/C11H8N4O/c12-6-9-11(13)16-10(15-9)4-3-8-2-1-5-14-7-8/h1-5,7H,13H2. The van der Waals surface area contributed by atoms with Gasteiger partial charge in [0, 0.05) is 18.5 Å². The molecule has 2 N–H and O–H groups in total. The maximum atomic E-state index is 8.63. The summed E-state index contributed by atoms with van der Waals surface area (Å²) in [6, 6.07) is 5.55. The molecule has 0 radical (unpaired) electrons. The molecule has 0 atom stereocenters. The lowest BCUT2D eigenvalue weighted by Crippen LogP contribution is -1.83. The summed E-state index contributed by atoms with van der Waals surface area (Å²) < 4.78 is 5.06. The summed E-state index contributed by atoms with van der Waals surface area (Å²) in [5.74, 6) is 0.339. The molecule has 5 heteroatoms. The van der Waals surface area contributed by atoms with E-state index in [4.69, 9.17) is 15.4 Å². The van der Waals surface area contributed by atoms with Crippen molar-refractivity contribution in [2.75, 3.05) is 5.73 Å². The average Bonchev–Trinajstić information content (AvgIpc) is 2.69. The van der Waals surface area contributed by atoms with E-state index in [0.29, 0.717) is 5.89 Å². The second kappa shape index (κ2) is 4.28. The van der Waals surface area contributed by atoms with Gasteiger partial charge in [-0.1, -0.05) is 6.07 Å². The summed E-state index contributed by atoms with van der Waals surface area (Å²) in [4.78, 5) is 7.84. The van der Waals surface area contributed by atoms with Gasteiger partial charge in [-0.2, -0.15) is 10.2 Å². The largest absolute Gasteiger partial charge is 0.420 e. The number of aromatic nitrogens is 2. The Balaban J connectivity index is 2.22. The first-order chi connectivity index (χ1) is 7.79. The summed E-state index contributed by atoms with van der Waals surface area (Å²) >= 11 is 0. The Morgan fingerprint density at radius 1 is 1.44 bits per heavy atom. The second-order valence-corrected chi connectivity index (χ2v) is 3.00. The van der Waals surface area contributed by atoms with Gasteiger partial charge in [0.1, 0.15) is 6.07 Å². The molecule has 0 aliphatic carbocycles. The first kappa shape index (κ1) is 9.93. The number of nitriles is 1. The van der Waals surface area contributed by atoms with Gasteiger partial charge in [0.05, 0.1) is 0 Å². The SMILES string of the molecule is N#Cc1nc(C=Cc2cccnc2)oc1N. The summed E-state index contributed by atoms with van der Waals surface area (Å²) in [5.41, 5.74) is 6.44. The van der Waals surface area contributed by atoms with Crippen LogP contribution in [0.2, 0.25) is 0 Å². The van der Waals surface area contributed by atoms with Crippen molar-refractivity contribution in [2.45, 2.75) is 0 Å². The molecule has 2 aromatic rings. The lowest BCUT2D eigenvalue weighted by Gasteiger charge is -1.88. The zero-order chi connectivity index (χ0) is 11.4. The van der Waals surface area contributed by atoms with Gasteiger partial charge < -0.3 is 10.2 Å². The minimum absolute atomic E-state index is 0.0355. The van der Waals surface area contributed by atoms with Gasteiger partial charge in [-0.25, -0.2) is 0 Å². The molecule has 0 saturated carbocycles. The van der Waals surface area contributed by atoms with Gasteiger partial charge in [-0.05, 0) is 17.7 Å². The van der Waals surface area contributed by atoms with Crippen molar-refractivity contribution in [1.82, 2.24) is 9.97 Å². The minimum atomic E-state index is 0.0355. The number of hydrogen-bond donors (Lipinski definition) is 1. The molecule has 5 nitrogen and oxygen atoms in total. The Morgan fingerprint density at radius 3 is 2.94 bits per heavy atom. The van der Waals surface area contributed by atoms with Crippen molar-refractivity contribution in [2.24, 2.45) is 0 Å². The molecule has 0 bridgehead atoms. The number of oxazole rings is 1. The van der Waals surface area contributed by atoms with Crippen molar-refractivity contribution in [3.8, 4) is 6.07 Å². The van der Waals surface area contributed by atoms with Crippen LogP contribution in [0.3, 0.4) is 0 Å². The number of hydrogen-bond acceptors (Lipinski definition) is 5. The van der Waals surface area contributed by atoms with E-state index >= 15 is 0 Å². The molecular formula is C11H8N4O. The van der Waals surface area contributed by atoms with Crippen LogP contribution in [0.4, 0.5) is 5.88 Å². The third kappa shape index (κ3) is 2.07. The van der Waals surface area contributed by atoms with Gasteiger partial charge in [-0.15, -0.1) is 0 Å². The predicted octanol–water partition coefficient (Wildman–Crippen LogP) is 1.69. The first-order valence-electron chi connectivity index (χ1n) is 4.54. The highest BCUT2D eigenvalue weighted by Crippen LogP contribution is 2.14. The van der Waals surface area contributed by atoms with E-state index < -0.39 is 0 Å². The molecule has 0 aliphatic rings. The van der Waals surface area contributed by atoms with Crippen LogP contribution < -0.4 is 5.73 Å². The topological polar surface area (TPSA) is 88.7 Å². The Morgan fingerprint density at radius 2 is 2.31 bits per heavy atom. The number of nitrogen functional groups attached to an aromatic ring is 1. The number of nitrogens with zero attached hydrogens (tertiary/aromatic N) is 3. The fourth-order valence-corrected chi connectivity index (χ4v) is 1.14. The number of pyridine rings is 1. The summed E-state index contributed by atoms with van der Waals surface area (Å²) in [6.45, 7) is 0. The number of anilines is 1. The van der Waals surface area contributed by atoms with Crippen LogP contribution in [0, 0.1) is 11.3 Å². The van der Waals surface area contributed by atoms with Gasteiger partial charge in [0.15, 0.2) is 0 Å². The maximum absolute atomic E-state index is 8.63. The van der Waals surface area contributed by atoms with Crippen LogP contribution in [0.5, 0.6) is 0 Å². The molecule has 2 aromatic heterocycles. The number of nitrogens with two attached hydrogens (primary N) is 1. The van der Waals surface area contributed by atoms with Gasteiger partial charge in [0.2, 0.25) is 17.5 Å². The van der Waals surface area contributed by atoms with Crippen LogP contribution in [-0.2, 0) is 0 Å². The minimum Gasteiger partial charge on any atom is -0.420 e. The third-order valence-electron chi connectivity index (χ3n) is 1.88. The highest BCUT2D eigenvalue weighted by atomic mass is 16.4. The normalized spacial score (nSPS) is 10.4. The molecule has 0 spiro atoms. The number of rotatable bonds is 2. The fraction of sp³-hybridized carbons (Fsp3) is 0. The molecule has 0 fully saturated rings. The average molecular weight is 212 g/mol. The molecule has 0 aliphatic heterocycles. The van der Waals surface area contributed by atoms with Crippen LogP contribution in [0.15, 0.2) is 28.9 Å². The van der Waals surface area contributed by atoms with Crippen molar-refractivity contribution in [3.63, 3.8) is 0 Å². The predicted molar refractivity (Wildman–Crippen MR) is 58.8 cm³/mol. The lowest BCUT2D eigenvalue weighted by atomic mass is 10.2. The Labute approximate surface area is 91.9 Å². The van der Waals surface area contributed by atoms with Crippen molar-refractivity contribution >= 4 is 18.0 Å². The van der Waals surface area contributed by atoms with Gasteiger partial charge in [0.25, 0.3) is 0 Å². The quantitative estimate of drug-likeness (QED) is 0.818. The van der Waals surface area contributed by atoms with Crippen LogP contribution in [-0.4, -0.2) is 9.97 Å².